The van der Waals surface area contributed by atoms with Gasteiger partial charge in [-0.15, -0.1) is 0 Å². The smallest absolute Gasteiger partial charge is 0.262 e. The number of carbonyl (C=O) groups is 3. The van der Waals surface area contributed by atoms with Crippen LogP contribution in [0.1, 0.15) is 33.6 Å². The zero-order valence-electron chi connectivity index (χ0n) is 11.8. The van der Waals surface area contributed by atoms with Gasteiger partial charge in [-0.25, -0.2) is 0 Å². The van der Waals surface area contributed by atoms with Crippen molar-refractivity contribution >= 4 is 17.7 Å². The third-order valence-corrected chi connectivity index (χ3v) is 3.62. The molecule has 1 heterocycles. The van der Waals surface area contributed by atoms with Crippen molar-refractivity contribution in [3.8, 4) is 0 Å². The summed E-state index contributed by atoms with van der Waals surface area (Å²) in [6.07, 6.45) is 2.07. The molecule has 110 valence electrons. The molecule has 21 heavy (non-hydrogen) atoms. The molecule has 0 spiro atoms. The van der Waals surface area contributed by atoms with E-state index in [-0.39, 0.29) is 30.9 Å². The molecule has 1 aromatic carbocycles. The second kappa shape index (κ2) is 5.29. The van der Waals surface area contributed by atoms with Crippen molar-refractivity contribution in [2.45, 2.75) is 18.9 Å². The third kappa shape index (κ3) is 2.80. The van der Waals surface area contributed by atoms with Crippen molar-refractivity contribution in [2.75, 3.05) is 20.3 Å². The molecule has 1 N–H and O–H groups in total. The van der Waals surface area contributed by atoms with Crippen LogP contribution in [0.3, 0.4) is 0 Å². The molecule has 1 fully saturated rings. The van der Waals surface area contributed by atoms with Crippen molar-refractivity contribution in [1.82, 2.24) is 15.1 Å². The van der Waals surface area contributed by atoms with E-state index in [4.69, 9.17) is 0 Å². The highest BCUT2D eigenvalue weighted by molar-refractivity contribution is 6.21. The summed E-state index contributed by atoms with van der Waals surface area (Å²) < 4.78 is 0. The topological polar surface area (TPSA) is 69.7 Å². The maximum absolute atomic E-state index is 12.2. The van der Waals surface area contributed by atoms with Crippen LogP contribution in [0.2, 0.25) is 0 Å². The number of fused-ring (bicyclic) bond motifs is 1. The number of amides is 3. The SMILES string of the molecule is CN(CC(=O)NC1CC1)CN1C(=O)c2ccccc2C1=O. The second-order valence-electron chi connectivity index (χ2n) is 5.58. The van der Waals surface area contributed by atoms with Gasteiger partial charge in [0, 0.05) is 6.04 Å². The number of carbonyl (C=O) groups excluding carboxylic acids is 3. The predicted molar refractivity (Wildman–Crippen MR) is 75.6 cm³/mol. The lowest BCUT2D eigenvalue weighted by Gasteiger charge is -2.22. The number of hydrogen-bond donors (Lipinski definition) is 1. The van der Waals surface area contributed by atoms with Crippen LogP contribution < -0.4 is 5.32 Å². The highest BCUT2D eigenvalue weighted by Gasteiger charge is 2.35. The minimum absolute atomic E-state index is 0.0726. The summed E-state index contributed by atoms with van der Waals surface area (Å²) >= 11 is 0. The quantitative estimate of drug-likeness (QED) is 0.798. The molecular formula is C15H17N3O3. The fourth-order valence-corrected chi connectivity index (χ4v) is 2.41. The molecule has 1 aliphatic carbocycles. The van der Waals surface area contributed by atoms with E-state index < -0.39 is 0 Å². The van der Waals surface area contributed by atoms with Crippen molar-refractivity contribution < 1.29 is 14.4 Å². The molecular weight excluding hydrogens is 270 g/mol. The fraction of sp³-hybridized carbons (Fsp3) is 0.400. The van der Waals surface area contributed by atoms with E-state index in [2.05, 4.69) is 5.32 Å². The lowest BCUT2D eigenvalue weighted by Crippen LogP contribution is -2.44. The third-order valence-electron chi connectivity index (χ3n) is 3.62. The van der Waals surface area contributed by atoms with Gasteiger partial charge in [-0.3, -0.25) is 24.2 Å². The van der Waals surface area contributed by atoms with E-state index in [1.54, 1.807) is 36.2 Å². The van der Waals surface area contributed by atoms with Crippen LogP contribution in [0.4, 0.5) is 0 Å². The Labute approximate surface area is 122 Å². The van der Waals surface area contributed by atoms with Gasteiger partial charge < -0.3 is 5.32 Å². The fourth-order valence-electron chi connectivity index (χ4n) is 2.41. The number of imide groups is 1. The Balaban J connectivity index is 1.61. The van der Waals surface area contributed by atoms with Gasteiger partial charge >= 0.3 is 0 Å². The van der Waals surface area contributed by atoms with E-state index in [1.807, 2.05) is 0 Å². The monoisotopic (exact) mass is 287 g/mol. The first-order chi connectivity index (χ1) is 10.1. The Morgan fingerprint density at radius 2 is 1.81 bits per heavy atom. The minimum atomic E-state index is -0.301. The average molecular weight is 287 g/mol. The van der Waals surface area contributed by atoms with Crippen molar-refractivity contribution in [3.05, 3.63) is 35.4 Å². The van der Waals surface area contributed by atoms with Gasteiger partial charge in [0.15, 0.2) is 0 Å². The van der Waals surface area contributed by atoms with Crippen LogP contribution in [-0.2, 0) is 4.79 Å². The summed E-state index contributed by atoms with van der Waals surface area (Å²) in [5.41, 5.74) is 0.858. The standard InChI is InChI=1S/C15H17N3O3/c1-17(8-13(19)16-10-6-7-10)9-18-14(20)11-4-2-3-5-12(11)15(18)21/h2-5,10H,6-9H2,1H3,(H,16,19). The largest absolute Gasteiger partial charge is 0.352 e. The first kappa shape index (κ1) is 13.8. The average Bonchev–Trinajstić information content (AvgIpc) is 3.23. The molecule has 0 saturated heterocycles. The molecule has 0 aromatic heterocycles. The summed E-state index contributed by atoms with van der Waals surface area (Å²) in [6.45, 7) is 0.286. The number of rotatable bonds is 5. The minimum Gasteiger partial charge on any atom is -0.352 e. The molecule has 0 bridgehead atoms. The van der Waals surface area contributed by atoms with E-state index in [9.17, 15) is 14.4 Å². The van der Waals surface area contributed by atoms with Gasteiger partial charge in [-0.1, -0.05) is 12.1 Å². The lowest BCUT2D eigenvalue weighted by molar-refractivity contribution is -0.122. The maximum Gasteiger partial charge on any atom is 0.262 e. The van der Waals surface area contributed by atoms with Crippen LogP contribution in [0.15, 0.2) is 24.3 Å². The maximum atomic E-state index is 12.2. The molecule has 3 rings (SSSR count). The number of nitrogens with one attached hydrogen (secondary N) is 1. The van der Waals surface area contributed by atoms with Crippen LogP contribution in [-0.4, -0.2) is 53.8 Å². The molecule has 1 saturated carbocycles. The Hall–Kier alpha value is -2.21. The molecule has 0 radical (unpaired) electrons. The predicted octanol–water partition coefficient (Wildman–Crippen LogP) is 0.451. The molecule has 3 amide bonds. The summed E-state index contributed by atoms with van der Waals surface area (Å²) in [5.74, 6) is -0.674. The Morgan fingerprint density at radius 3 is 2.33 bits per heavy atom. The number of nitrogens with zero attached hydrogens (tertiary/aromatic N) is 2. The molecule has 0 unspecified atom stereocenters. The normalized spacial score (nSPS) is 17.3. The second-order valence-corrected chi connectivity index (χ2v) is 5.58. The molecule has 1 aliphatic heterocycles. The van der Waals surface area contributed by atoms with E-state index >= 15 is 0 Å². The molecule has 6 heteroatoms. The van der Waals surface area contributed by atoms with Crippen LogP contribution >= 0.6 is 0 Å². The van der Waals surface area contributed by atoms with Gasteiger partial charge in [0.05, 0.1) is 24.3 Å². The molecule has 0 atom stereocenters. The van der Waals surface area contributed by atoms with Crippen molar-refractivity contribution in [2.24, 2.45) is 0 Å². The summed E-state index contributed by atoms with van der Waals surface area (Å²) in [4.78, 5) is 38.9. The summed E-state index contributed by atoms with van der Waals surface area (Å²) in [5, 5.41) is 2.88. The van der Waals surface area contributed by atoms with Crippen LogP contribution in [0, 0.1) is 0 Å². The van der Waals surface area contributed by atoms with Gasteiger partial charge in [-0.2, -0.15) is 0 Å². The van der Waals surface area contributed by atoms with E-state index in [1.165, 1.54) is 4.90 Å². The van der Waals surface area contributed by atoms with Crippen molar-refractivity contribution in [1.29, 1.82) is 0 Å². The highest BCUT2D eigenvalue weighted by atomic mass is 16.2. The summed E-state index contributed by atoms with van der Waals surface area (Å²) in [7, 11) is 1.72. The summed E-state index contributed by atoms with van der Waals surface area (Å²) in [6, 6.07) is 7.08. The zero-order valence-corrected chi connectivity index (χ0v) is 11.8. The van der Waals surface area contributed by atoms with Crippen LogP contribution in [0.5, 0.6) is 0 Å². The number of benzene rings is 1. The van der Waals surface area contributed by atoms with Crippen molar-refractivity contribution in [3.63, 3.8) is 0 Å². The molecule has 6 nitrogen and oxygen atoms in total. The molecule has 2 aliphatic rings. The van der Waals surface area contributed by atoms with Gasteiger partial charge in [0.1, 0.15) is 0 Å². The van der Waals surface area contributed by atoms with Gasteiger partial charge in [-0.05, 0) is 32.0 Å². The lowest BCUT2D eigenvalue weighted by atomic mass is 10.1. The number of likely N-dealkylation sites (N-methyl/N-ethyl adjacent to an activating group) is 1. The van der Waals surface area contributed by atoms with Crippen LogP contribution in [0.25, 0.3) is 0 Å². The Bertz CT molecular complexity index is 575. The Morgan fingerprint density at radius 1 is 1.24 bits per heavy atom. The first-order valence-corrected chi connectivity index (χ1v) is 6.99. The number of hydrogen-bond acceptors (Lipinski definition) is 4. The molecule has 1 aromatic rings. The highest BCUT2D eigenvalue weighted by Crippen LogP contribution is 2.22. The first-order valence-electron chi connectivity index (χ1n) is 6.99. The van der Waals surface area contributed by atoms with Gasteiger partial charge in [0.2, 0.25) is 5.91 Å². The Kier molecular flexibility index (Phi) is 3.47. The van der Waals surface area contributed by atoms with E-state index in [0.717, 1.165) is 12.8 Å². The van der Waals surface area contributed by atoms with E-state index in [0.29, 0.717) is 17.2 Å². The zero-order chi connectivity index (χ0) is 15.0. The van der Waals surface area contributed by atoms with Gasteiger partial charge in [0.25, 0.3) is 11.8 Å².